The lowest BCUT2D eigenvalue weighted by Crippen LogP contribution is -2.19. The zero-order valence-electron chi connectivity index (χ0n) is 17.8. The average molecular weight is 429 g/mol. The number of ether oxygens (including phenoxy) is 1. The van der Waals surface area contributed by atoms with Gasteiger partial charge in [0.1, 0.15) is 11.3 Å². The Balaban J connectivity index is 1.71. The number of hydrogen-bond acceptors (Lipinski definition) is 4. The quantitative estimate of drug-likeness (QED) is 0.519. The molecule has 1 aliphatic heterocycles. The molecule has 2 aromatic heterocycles. The van der Waals surface area contributed by atoms with Gasteiger partial charge < -0.3 is 24.8 Å². The van der Waals surface area contributed by atoms with Crippen molar-refractivity contribution < 1.29 is 18.7 Å². The number of rotatable bonds is 4. The third kappa shape index (κ3) is 2.58. The number of primary amides is 1. The van der Waals surface area contributed by atoms with E-state index >= 15 is 0 Å². The van der Waals surface area contributed by atoms with E-state index in [-0.39, 0.29) is 17.4 Å². The SMILES string of the molecule is CNC(=O)c1cc(C(N)=O)cc2c(-c3cccc4c3ccn4C)c(C3[C@H]4COC[C@@H]34)oc12. The fourth-order valence-electron chi connectivity index (χ4n) is 5.33. The molecular weight excluding hydrogens is 406 g/mol. The molecule has 2 fully saturated rings. The topological polar surface area (TPSA) is 99.5 Å². The number of nitrogens with one attached hydrogen (secondary N) is 1. The van der Waals surface area contributed by atoms with Gasteiger partial charge in [0.15, 0.2) is 0 Å². The number of aryl methyl sites for hydroxylation is 1. The normalized spacial score (nSPS) is 21.8. The Kier molecular flexibility index (Phi) is 4.01. The van der Waals surface area contributed by atoms with Crippen LogP contribution < -0.4 is 11.1 Å². The zero-order valence-corrected chi connectivity index (χ0v) is 17.8. The molecule has 0 radical (unpaired) electrons. The van der Waals surface area contributed by atoms with Gasteiger partial charge >= 0.3 is 0 Å². The molecule has 0 spiro atoms. The van der Waals surface area contributed by atoms with Gasteiger partial charge in [0.2, 0.25) is 5.91 Å². The van der Waals surface area contributed by atoms with E-state index in [1.807, 2.05) is 19.3 Å². The van der Waals surface area contributed by atoms with Crippen molar-refractivity contribution in [3.8, 4) is 11.1 Å². The lowest BCUT2D eigenvalue weighted by Gasteiger charge is -2.08. The molecule has 6 rings (SSSR count). The highest BCUT2D eigenvalue weighted by atomic mass is 16.5. The number of aromatic nitrogens is 1. The molecule has 7 nitrogen and oxygen atoms in total. The van der Waals surface area contributed by atoms with Crippen molar-refractivity contribution in [3.05, 3.63) is 59.5 Å². The Bertz CT molecular complexity index is 1420. The number of nitrogens with two attached hydrogens (primary N) is 1. The van der Waals surface area contributed by atoms with Crippen molar-refractivity contribution in [3.63, 3.8) is 0 Å². The van der Waals surface area contributed by atoms with Crippen LogP contribution in [0.2, 0.25) is 0 Å². The number of benzene rings is 2. The fourth-order valence-corrected chi connectivity index (χ4v) is 5.33. The van der Waals surface area contributed by atoms with Gasteiger partial charge in [-0.25, -0.2) is 0 Å². The van der Waals surface area contributed by atoms with Gasteiger partial charge in [0, 0.05) is 53.6 Å². The molecule has 3 atom stereocenters. The van der Waals surface area contributed by atoms with Crippen LogP contribution in [0.15, 0.2) is 47.0 Å². The maximum Gasteiger partial charge on any atom is 0.254 e. The molecule has 1 saturated heterocycles. The highest BCUT2D eigenvalue weighted by molar-refractivity contribution is 6.14. The van der Waals surface area contributed by atoms with Crippen molar-refractivity contribution in [2.45, 2.75) is 5.92 Å². The summed E-state index contributed by atoms with van der Waals surface area (Å²) < 4.78 is 14.2. The van der Waals surface area contributed by atoms with E-state index in [0.29, 0.717) is 23.0 Å². The Labute approximate surface area is 184 Å². The van der Waals surface area contributed by atoms with E-state index in [9.17, 15) is 9.59 Å². The standard InChI is InChI=1S/C25H23N3O4/c1-27-25(30)16-9-12(24(26)29)8-15-20(14-4-3-5-19-13(14)6-7-28(19)2)23(32-22(15)16)21-17-10-31-11-18(17)21/h3-9,17-18,21H,10-11H2,1-2H3,(H2,26,29)(H,27,30)/t17-,18+,21?. The predicted molar refractivity (Wildman–Crippen MR) is 121 cm³/mol. The summed E-state index contributed by atoms with van der Waals surface area (Å²) in [5.41, 5.74) is 9.76. The van der Waals surface area contributed by atoms with Gasteiger partial charge in [-0.15, -0.1) is 0 Å². The van der Waals surface area contributed by atoms with Crippen molar-refractivity contribution in [2.75, 3.05) is 20.3 Å². The van der Waals surface area contributed by atoms with Crippen molar-refractivity contribution >= 4 is 33.7 Å². The van der Waals surface area contributed by atoms with Crippen LogP contribution in [0.5, 0.6) is 0 Å². The molecule has 2 amide bonds. The predicted octanol–water partition coefficient (Wildman–Crippen LogP) is 3.41. The van der Waals surface area contributed by atoms with E-state index < -0.39 is 5.91 Å². The summed E-state index contributed by atoms with van der Waals surface area (Å²) in [6.45, 7) is 1.44. The third-order valence-electron chi connectivity index (χ3n) is 7.03. The molecule has 1 unspecified atom stereocenters. The second kappa shape index (κ2) is 6.71. The number of fused-ring (bicyclic) bond motifs is 3. The van der Waals surface area contributed by atoms with Crippen molar-refractivity contribution in [1.29, 1.82) is 0 Å². The molecule has 2 aliphatic rings. The summed E-state index contributed by atoms with van der Waals surface area (Å²) in [7, 11) is 3.57. The molecule has 3 N–H and O–H groups in total. The number of hydrogen-bond donors (Lipinski definition) is 2. The molecule has 162 valence electrons. The van der Waals surface area contributed by atoms with Gasteiger partial charge in [-0.05, 0) is 41.7 Å². The second-order valence-electron chi connectivity index (χ2n) is 8.74. The minimum atomic E-state index is -0.583. The van der Waals surface area contributed by atoms with Gasteiger partial charge in [0.05, 0.1) is 18.8 Å². The van der Waals surface area contributed by atoms with Crippen LogP contribution in [0.3, 0.4) is 0 Å². The van der Waals surface area contributed by atoms with Gasteiger partial charge in [0.25, 0.3) is 5.91 Å². The molecule has 2 aromatic carbocycles. The summed E-state index contributed by atoms with van der Waals surface area (Å²) in [6, 6.07) is 11.5. The Morgan fingerprint density at radius 2 is 1.91 bits per heavy atom. The summed E-state index contributed by atoms with van der Waals surface area (Å²) in [6.07, 6.45) is 2.03. The van der Waals surface area contributed by atoms with Crippen molar-refractivity contribution in [1.82, 2.24) is 9.88 Å². The van der Waals surface area contributed by atoms with Gasteiger partial charge in [-0.1, -0.05) is 12.1 Å². The highest BCUT2D eigenvalue weighted by Crippen LogP contribution is 2.61. The lowest BCUT2D eigenvalue weighted by atomic mass is 9.94. The summed E-state index contributed by atoms with van der Waals surface area (Å²) in [5.74, 6) is 1.04. The number of furan rings is 1. The van der Waals surface area contributed by atoms with Crippen molar-refractivity contribution in [2.24, 2.45) is 24.6 Å². The first-order valence-electron chi connectivity index (χ1n) is 10.7. The molecule has 3 heterocycles. The van der Waals surface area contributed by atoms with Gasteiger partial charge in [-0.2, -0.15) is 0 Å². The van der Waals surface area contributed by atoms with E-state index in [4.69, 9.17) is 14.9 Å². The number of carbonyl (C=O) groups is 2. The van der Waals surface area contributed by atoms with E-state index in [2.05, 4.69) is 28.1 Å². The van der Waals surface area contributed by atoms with Crippen LogP contribution in [0.4, 0.5) is 0 Å². The lowest BCUT2D eigenvalue weighted by molar-refractivity contribution is 0.0963. The van der Waals surface area contributed by atoms with Crippen LogP contribution in [0.25, 0.3) is 33.0 Å². The van der Waals surface area contributed by atoms with E-state index in [1.165, 1.54) is 6.07 Å². The van der Waals surface area contributed by atoms with Crippen LogP contribution in [-0.4, -0.2) is 36.6 Å². The Hall–Kier alpha value is -3.58. The van der Waals surface area contributed by atoms with E-state index in [0.717, 1.165) is 46.4 Å². The maximum atomic E-state index is 12.7. The Morgan fingerprint density at radius 1 is 1.12 bits per heavy atom. The van der Waals surface area contributed by atoms with Crippen LogP contribution in [-0.2, 0) is 11.8 Å². The maximum absolute atomic E-state index is 12.7. The summed E-state index contributed by atoms with van der Waals surface area (Å²) in [5, 5.41) is 4.47. The first-order chi connectivity index (χ1) is 15.5. The second-order valence-corrected chi connectivity index (χ2v) is 8.74. The smallest absolute Gasteiger partial charge is 0.254 e. The molecular formula is C25H23N3O4. The van der Waals surface area contributed by atoms with E-state index in [1.54, 1.807) is 13.1 Å². The highest BCUT2D eigenvalue weighted by Gasteiger charge is 2.57. The molecule has 0 bridgehead atoms. The third-order valence-corrected chi connectivity index (χ3v) is 7.03. The molecule has 4 aromatic rings. The average Bonchev–Trinajstić information content (AvgIpc) is 3.17. The number of carbonyl (C=O) groups excluding carboxylic acids is 2. The fraction of sp³-hybridized carbons (Fsp3) is 0.280. The van der Waals surface area contributed by atoms with Crippen LogP contribution >= 0.6 is 0 Å². The monoisotopic (exact) mass is 429 g/mol. The van der Waals surface area contributed by atoms with Crippen LogP contribution in [0, 0.1) is 11.8 Å². The largest absolute Gasteiger partial charge is 0.459 e. The molecule has 7 heteroatoms. The summed E-state index contributed by atoms with van der Waals surface area (Å²) in [4.78, 5) is 24.8. The molecule has 1 aliphatic carbocycles. The minimum absolute atomic E-state index is 0.236. The van der Waals surface area contributed by atoms with Crippen LogP contribution in [0.1, 0.15) is 32.4 Å². The Morgan fingerprint density at radius 3 is 2.62 bits per heavy atom. The number of amides is 2. The molecule has 1 saturated carbocycles. The molecule has 32 heavy (non-hydrogen) atoms. The summed E-state index contributed by atoms with van der Waals surface area (Å²) >= 11 is 0. The number of nitrogens with zero attached hydrogens (tertiary/aromatic N) is 1. The first kappa shape index (κ1) is 19.1. The first-order valence-corrected chi connectivity index (χ1v) is 10.7. The van der Waals surface area contributed by atoms with Gasteiger partial charge in [-0.3, -0.25) is 9.59 Å². The minimum Gasteiger partial charge on any atom is -0.459 e. The zero-order chi connectivity index (χ0) is 22.1.